The number of unbranched alkanes of at least 4 members (excludes halogenated alkanes) is 6. The zero-order chi connectivity index (χ0) is 12.3. The molecule has 0 aliphatic heterocycles. The van der Waals surface area contributed by atoms with Gasteiger partial charge in [0.2, 0.25) is 0 Å². The fourth-order valence-electron chi connectivity index (χ4n) is 2.40. The maximum atomic E-state index is 5.68. The van der Waals surface area contributed by atoms with Crippen LogP contribution < -0.4 is 0 Å². The van der Waals surface area contributed by atoms with Crippen LogP contribution in [0.25, 0.3) is 0 Å². The summed E-state index contributed by atoms with van der Waals surface area (Å²) in [7, 11) is 1.87. The van der Waals surface area contributed by atoms with Crippen molar-refractivity contribution in [2.75, 3.05) is 7.11 Å². The summed E-state index contributed by atoms with van der Waals surface area (Å²) in [6.45, 7) is 6.76. The fraction of sp³-hybridized carbons (Fsp3) is 1.00. The molecule has 1 heteroatoms. The highest BCUT2D eigenvalue weighted by Crippen LogP contribution is 2.26. The molecule has 0 spiro atoms. The van der Waals surface area contributed by atoms with Crippen LogP contribution in [0, 0.1) is 0 Å². The minimum atomic E-state index is 0.170. The third-order valence-electron chi connectivity index (χ3n) is 3.96. The fourth-order valence-corrected chi connectivity index (χ4v) is 2.40. The number of hydrogen-bond donors (Lipinski definition) is 0. The molecule has 16 heavy (non-hydrogen) atoms. The van der Waals surface area contributed by atoms with Gasteiger partial charge in [0.05, 0.1) is 5.60 Å². The van der Waals surface area contributed by atoms with Gasteiger partial charge in [-0.3, -0.25) is 0 Å². The van der Waals surface area contributed by atoms with Crippen molar-refractivity contribution in [2.45, 2.75) is 90.6 Å². The minimum absolute atomic E-state index is 0.170. The molecular weight excluding hydrogens is 196 g/mol. The van der Waals surface area contributed by atoms with Gasteiger partial charge < -0.3 is 4.74 Å². The highest BCUT2D eigenvalue weighted by atomic mass is 16.5. The largest absolute Gasteiger partial charge is 0.378 e. The summed E-state index contributed by atoms with van der Waals surface area (Å²) >= 11 is 0. The van der Waals surface area contributed by atoms with E-state index >= 15 is 0 Å². The second-order valence-electron chi connectivity index (χ2n) is 4.97. The van der Waals surface area contributed by atoms with Crippen LogP contribution in [-0.4, -0.2) is 12.7 Å². The van der Waals surface area contributed by atoms with Gasteiger partial charge in [-0.1, -0.05) is 65.7 Å². The van der Waals surface area contributed by atoms with Crippen LogP contribution in [0.2, 0.25) is 0 Å². The molecule has 0 aliphatic carbocycles. The summed E-state index contributed by atoms with van der Waals surface area (Å²) in [4.78, 5) is 0. The quantitative estimate of drug-likeness (QED) is 0.434. The predicted molar refractivity (Wildman–Crippen MR) is 72.9 cm³/mol. The Kier molecular flexibility index (Phi) is 10.1. The molecule has 98 valence electrons. The highest BCUT2D eigenvalue weighted by molar-refractivity contribution is 4.76. The normalized spacial score (nSPS) is 12.0. The van der Waals surface area contributed by atoms with E-state index in [0.717, 1.165) is 12.8 Å². The van der Waals surface area contributed by atoms with Gasteiger partial charge in [-0.25, -0.2) is 0 Å². The Morgan fingerprint density at radius 1 is 0.750 bits per heavy atom. The molecule has 0 saturated heterocycles. The van der Waals surface area contributed by atoms with Crippen LogP contribution in [0.5, 0.6) is 0 Å². The van der Waals surface area contributed by atoms with Crippen LogP contribution in [-0.2, 0) is 4.74 Å². The van der Waals surface area contributed by atoms with E-state index < -0.39 is 0 Å². The smallest absolute Gasteiger partial charge is 0.0673 e. The number of ether oxygens (including phenoxy) is 1. The van der Waals surface area contributed by atoms with E-state index in [1.807, 2.05) is 7.11 Å². The summed E-state index contributed by atoms with van der Waals surface area (Å²) in [5.41, 5.74) is 0.170. The van der Waals surface area contributed by atoms with E-state index in [0.29, 0.717) is 0 Å². The van der Waals surface area contributed by atoms with E-state index in [4.69, 9.17) is 4.74 Å². The minimum Gasteiger partial charge on any atom is -0.378 e. The third kappa shape index (κ3) is 6.52. The molecular formula is C15H32O. The van der Waals surface area contributed by atoms with Crippen molar-refractivity contribution in [1.82, 2.24) is 0 Å². The lowest BCUT2D eigenvalue weighted by molar-refractivity contribution is -0.0255. The molecule has 0 heterocycles. The molecule has 0 radical (unpaired) electrons. The van der Waals surface area contributed by atoms with Crippen molar-refractivity contribution in [3.05, 3.63) is 0 Å². The number of hydrogen-bond acceptors (Lipinski definition) is 1. The molecule has 1 nitrogen and oxygen atoms in total. The average Bonchev–Trinajstić information content (AvgIpc) is 2.34. The monoisotopic (exact) mass is 228 g/mol. The summed E-state index contributed by atoms with van der Waals surface area (Å²) in [6.07, 6.45) is 13.3. The van der Waals surface area contributed by atoms with Gasteiger partial charge in [-0.15, -0.1) is 0 Å². The second-order valence-corrected chi connectivity index (χ2v) is 4.97. The molecule has 0 aromatic carbocycles. The van der Waals surface area contributed by atoms with Crippen LogP contribution in [0.1, 0.15) is 85.0 Å². The second kappa shape index (κ2) is 10.1. The maximum Gasteiger partial charge on any atom is 0.0673 e. The van der Waals surface area contributed by atoms with E-state index in [9.17, 15) is 0 Å². The number of rotatable bonds is 11. The topological polar surface area (TPSA) is 9.23 Å². The standard InChI is InChI=1S/C15H32O/c1-5-8-9-10-11-12-13-14-15(6-2,7-3)16-4/h5-14H2,1-4H3. The van der Waals surface area contributed by atoms with Crippen molar-refractivity contribution in [1.29, 1.82) is 0 Å². The summed E-state index contributed by atoms with van der Waals surface area (Å²) in [5, 5.41) is 0. The molecule has 0 N–H and O–H groups in total. The Hall–Kier alpha value is -0.0400. The first-order valence-electron chi connectivity index (χ1n) is 7.29. The lowest BCUT2D eigenvalue weighted by Gasteiger charge is -2.30. The SMILES string of the molecule is CCCCCCCCCC(CC)(CC)OC. The Balaban J connectivity index is 3.48. The van der Waals surface area contributed by atoms with Crippen molar-refractivity contribution < 1.29 is 4.74 Å². The highest BCUT2D eigenvalue weighted by Gasteiger charge is 2.24. The zero-order valence-electron chi connectivity index (χ0n) is 12.0. The number of methoxy groups -OCH3 is 1. The summed E-state index contributed by atoms with van der Waals surface area (Å²) < 4.78 is 5.68. The Morgan fingerprint density at radius 2 is 1.25 bits per heavy atom. The predicted octanol–water partition coefficient (Wildman–Crippen LogP) is 5.33. The molecule has 0 aromatic rings. The van der Waals surface area contributed by atoms with Crippen LogP contribution in [0.3, 0.4) is 0 Å². The maximum absolute atomic E-state index is 5.68. The summed E-state index contributed by atoms with van der Waals surface area (Å²) in [6, 6.07) is 0. The molecule has 0 bridgehead atoms. The van der Waals surface area contributed by atoms with E-state index in [2.05, 4.69) is 20.8 Å². The third-order valence-corrected chi connectivity index (χ3v) is 3.96. The van der Waals surface area contributed by atoms with E-state index in [1.165, 1.54) is 51.4 Å². The lowest BCUT2D eigenvalue weighted by atomic mass is 9.90. The molecule has 0 rings (SSSR count). The van der Waals surface area contributed by atoms with Gasteiger partial charge in [0.15, 0.2) is 0 Å². The average molecular weight is 228 g/mol. The van der Waals surface area contributed by atoms with Gasteiger partial charge in [-0.05, 0) is 19.3 Å². The van der Waals surface area contributed by atoms with Crippen molar-refractivity contribution in [3.8, 4) is 0 Å². The van der Waals surface area contributed by atoms with Gasteiger partial charge in [0.25, 0.3) is 0 Å². The van der Waals surface area contributed by atoms with Crippen molar-refractivity contribution >= 4 is 0 Å². The first-order valence-corrected chi connectivity index (χ1v) is 7.29. The molecule has 0 aliphatic rings. The first kappa shape index (κ1) is 16.0. The van der Waals surface area contributed by atoms with Gasteiger partial charge in [0.1, 0.15) is 0 Å². The van der Waals surface area contributed by atoms with E-state index in [-0.39, 0.29) is 5.60 Å². The van der Waals surface area contributed by atoms with Crippen molar-refractivity contribution in [3.63, 3.8) is 0 Å². The van der Waals surface area contributed by atoms with Crippen LogP contribution >= 0.6 is 0 Å². The summed E-state index contributed by atoms with van der Waals surface area (Å²) in [5.74, 6) is 0. The molecule has 0 aromatic heterocycles. The van der Waals surface area contributed by atoms with Crippen molar-refractivity contribution in [2.24, 2.45) is 0 Å². The Bertz CT molecular complexity index is 130. The Labute approximate surface area is 103 Å². The molecule has 0 saturated carbocycles. The first-order chi connectivity index (χ1) is 7.74. The molecule has 0 fully saturated rings. The van der Waals surface area contributed by atoms with Gasteiger partial charge in [0, 0.05) is 7.11 Å². The zero-order valence-corrected chi connectivity index (χ0v) is 12.0. The lowest BCUT2D eigenvalue weighted by Crippen LogP contribution is -2.29. The Morgan fingerprint density at radius 3 is 1.69 bits per heavy atom. The van der Waals surface area contributed by atoms with Crippen LogP contribution in [0.4, 0.5) is 0 Å². The van der Waals surface area contributed by atoms with Gasteiger partial charge in [-0.2, -0.15) is 0 Å². The van der Waals surface area contributed by atoms with E-state index in [1.54, 1.807) is 0 Å². The molecule has 0 atom stereocenters. The van der Waals surface area contributed by atoms with Gasteiger partial charge >= 0.3 is 0 Å². The molecule has 0 amide bonds. The van der Waals surface area contributed by atoms with Crippen LogP contribution in [0.15, 0.2) is 0 Å². The molecule has 0 unspecified atom stereocenters.